The molecule has 0 aliphatic rings. The third kappa shape index (κ3) is 4.25. The first-order valence-corrected chi connectivity index (χ1v) is 14.2. The van der Waals surface area contributed by atoms with E-state index >= 15 is 0 Å². The molecule has 12 heteroatoms. The van der Waals surface area contributed by atoms with Crippen LogP contribution in [0.15, 0.2) is 70.6 Å². The van der Waals surface area contributed by atoms with Gasteiger partial charge in [0.25, 0.3) is 0 Å². The minimum absolute atomic E-state index is 0.122. The van der Waals surface area contributed by atoms with Gasteiger partial charge in [-0.1, -0.05) is 24.3 Å². The van der Waals surface area contributed by atoms with E-state index in [2.05, 4.69) is 9.98 Å². The average molecular weight is 643 g/mol. The molecule has 7 aromatic rings. The summed E-state index contributed by atoms with van der Waals surface area (Å²) < 4.78 is 97.9. The van der Waals surface area contributed by atoms with Gasteiger partial charge in [-0.2, -0.15) is 33.7 Å². The van der Waals surface area contributed by atoms with Crippen LogP contribution in [0.4, 0.5) is 30.7 Å². The molecule has 46 heavy (non-hydrogen) atoms. The van der Waals surface area contributed by atoms with Crippen molar-refractivity contribution in [2.45, 2.75) is 13.1 Å². The molecule has 7 rings (SSSR count). The predicted octanol–water partition coefficient (Wildman–Crippen LogP) is 9.22. The Morgan fingerprint density at radius 1 is 0.609 bits per heavy atom. The highest BCUT2D eigenvalue weighted by Gasteiger charge is 2.36. The highest BCUT2D eigenvalue weighted by Crippen LogP contribution is 2.43. The molecule has 6 aromatic carbocycles. The van der Waals surface area contributed by atoms with Crippen LogP contribution in [0.3, 0.4) is 0 Å². The summed E-state index contributed by atoms with van der Waals surface area (Å²) in [6, 6.07) is 13.5. The Labute approximate surface area is 257 Å². The lowest BCUT2D eigenvalue weighted by atomic mass is 9.99. The normalized spacial score (nSPS) is 13.0. The van der Waals surface area contributed by atoms with Crippen molar-refractivity contribution in [1.82, 2.24) is 0 Å². The number of thiophene rings is 1. The molecule has 0 spiro atoms. The Hall–Kier alpha value is -5.59. The molecule has 0 aliphatic carbocycles. The Morgan fingerprint density at radius 2 is 1.09 bits per heavy atom. The van der Waals surface area contributed by atoms with E-state index < -0.39 is 35.0 Å². The van der Waals surface area contributed by atoms with E-state index in [4.69, 9.17) is 0 Å². The lowest BCUT2D eigenvalue weighted by Crippen LogP contribution is -2.10. The molecule has 0 aliphatic heterocycles. The maximum absolute atomic E-state index is 14.3. The summed E-state index contributed by atoms with van der Waals surface area (Å²) in [6.45, 7) is 1.45. The average Bonchev–Trinajstić information content (AvgIpc) is 3.63. The molecule has 0 saturated carbocycles. The summed E-state index contributed by atoms with van der Waals surface area (Å²) in [6.07, 6.45) is -1.57. The van der Waals surface area contributed by atoms with Crippen molar-refractivity contribution in [2.24, 2.45) is 9.98 Å². The van der Waals surface area contributed by atoms with E-state index in [1.54, 1.807) is 30.5 Å². The number of fused-ring (bicyclic) bond motifs is 7. The summed E-state index contributed by atoms with van der Waals surface area (Å²) in [4.78, 5) is 8.06. The minimum Gasteiger partial charge on any atom is -0.204 e. The van der Waals surface area contributed by atoms with Gasteiger partial charge in [0.05, 0.1) is 15.0 Å². The summed E-state index contributed by atoms with van der Waals surface area (Å²) >= 11 is 1.21. The minimum atomic E-state index is -5.13. The zero-order valence-corrected chi connectivity index (χ0v) is 23.9. The Balaban J connectivity index is 1.53. The molecule has 0 radical (unpaired) electrons. The standard InChI is InChI=1S/C34H13F7N4S/c1-14-6-17(10-24(35)28(14)37)15-2-4-19-21(7-15)30(44-12-42)32-26(19)27-20-5-3-16(8-22(20)31(45-13-43)33(27)46-32)18-9-23(34(39,40)41)29(38)25(36)11-18/h2-11H,1H3/b44-30-,45-31+. The van der Waals surface area contributed by atoms with Crippen molar-refractivity contribution in [3.8, 4) is 34.6 Å². The number of rotatable bonds is 2. The maximum Gasteiger partial charge on any atom is 0.419 e. The second kappa shape index (κ2) is 10.2. The monoisotopic (exact) mass is 642 g/mol. The fourth-order valence-corrected chi connectivity index (χ4v) is 7.31. The van der Waals surface area contributed by atoms with Crippen molar-refractivity contribution in [1.29, 1.82) is 10.5 Å². The number of alkyl halides is 3. The molecule has 0 amide bonds. The van der Waals surface area contributed by atoms with Crippen molar-refractivity contribution in [2.75, 3.05) is 0 Å². The summed E-state index contributed by atoms with van der Waals surface area (Å²) in [5, 5.41) is 23.2. The highest BCUT2D eigenvalue weighted by molar-refractivity contribution is 7.26. The van der Waals surface area contributed by atoms with Crippen LogP contribution in [-0.2, 0) is 6.18 Å². The molecule has 1 heterocycles. The highest BCUT2D eigenvalue weighted by atomic mass is 32.1. The molecule has 4 nitrogen and oxygen atoms in total. The Kier molecular flexibility index (Phi) is 6.48. The first-order valence-electron chi connectivity index (χ1n) is 13.4. The molecule has 0 atom stereocenters. The van der Waals surface area contributed by atoms with E-state index in [9.17, 15) is 41.3 Å². The third-order valence-electron chi connectivity index (χ3n) is 7.96. The molecule has 224 valence electrons. The zero-order chi connectivity index (χ0) is 32.7. The number of hydrogen-bond acceptors (Lipinski definition) is 5. The van der Waals surface area contributed by atoms with E-state index in [1.807, 2.05) is 6.19 Å². The van der Waals surface area contributed by atoms with Crippen LogP contribution in [-0.4, -0.2) is 0 Å². The van der Waals surface area contributed by atoms with Gasteiger partial charge in [0.1, 0.15) is 10.7 Å². The topological polar surface area (TPSA) is 72.3 Å². The number of benzene rings is 4. The first-order chi connectivity index (χ1) is 21.9. The fourth-order valence-electron chi connectivity index (χ4n) is 5.98. The van der Waals surface area contributed by atoms with E-state index in [1.165, 1.54) is 36.5 Å². The van der Waals surface area contributed by atoms with Crippen LogP contribution in [0.5, 0.6) is 0 Å². The van der Waals surface area contributed by atoms with Crippen LogP contribution in [0.2, 0.25) is 0 Å². The van der Waals surface area contributed by atoms with Gasteiger partial charge in [-0.3, -0.25) is 0 Å². The van der Waals surface area contributed by atoms with E-state index in [-0.39, 0.29) is 22.0 Å². The van der Waals surface area contributed by atoms with Gasteiger partial charge in [0.2, 0.25) is 12.4 Å². The lowest BCUT2D eigenvalue weighted by Gasteiger charge is -2.11. The Morgan fingerprint density at radius 3 is 1.54 bits per heavy atom. The number of nitrogens with zero attached hydrogens (tertiary/aromatic N) is 4. The first kappa shape index (κ1) is 29.1. The molecule has 1 aromatic heterocycles. The molecule has 0 unspecified atom stereocenters. The van der Waals surface area contributed by atoms with Crippen LogP contribution in [0, 0.1) is 53.1 Å². The maximum atomic E-state index is 14.3. The SMILES string of the molecule is Cc1cc(-c2ccc3c(c2)/c(=N/C#N)c2sc4/c(=N/C#N)c5cc(-c6cc(F)c(F)c(C(F)(F)F)c6)ccc5c4c23)cc(F)c1F. The van der Waals surface area contributed by atoms with Gasteiger partial charge in [-0.25, -0.2) is 17.6 Å². The van der Waals surface area contributed by atoms with Crippen molar-refractivity contribution < 1.29 is 30.7 Å². The molecule has 0 bridgehead atoms. The number of hydrogen-bond donors (Lipinski definition) is 0. The van der Waals surface area contributed by atoms with Crippen LogP contribution >= 0.6 is 11.3 Å². The van der Waals surface area contributed by atoms with E-state index in [0.717, 1.165) is 6.07 Å². The smallest absolute Gasteiger partial charge is 0.204 e. The summed E-state index contributed by atoms with van der Waals surface area (Å²) in [7, 11) is 0. The second-order valence-corrected chi connectivity index (χ2v) is 11.6. The second-order valence-electron chi connectivity index (χ2n) is 10.6. The molecule has 0 N–H and O–H groups in total. The zero-order valence-electron chi connectivity index (χ0n) is 23.1. The molecule has 0 saturated heterocycles. The molecular formula is C34H13F7N4S. The van der Waals surface area contributed by atoms with Gasteiger partial charge < -0.3 is 0 Å². The van der Waals surface area contributed by atoms with Gasteiger partial charge >= 0.3 is 6.18 Å². The largest absolute Gasteiger partial charge is 0.419 e. The van der Waals surface area contributed by atoms with Gasteiger partial charge in [0.15, 0.2) is 23.3 Å². The van der Waals surface area contributed by atoms with Crippen LogP contribution in [0.25, 0.3) is 64.0 Å². The quantitative estimate of drug-likeness (QED) is 0.139. The van der Waals surface area contributed by atoms with Crippen LogP contribution in [0.1, 0.15) is 11.1 Å². The predicted molar refractivity (Wildman–Crippen MR) is 160 cm³/mol. The number of aryl methyl sites for hydroxylation is 1. The van der Waals surface area contributed by atoms with Crippen LogP contribution < -0.4 is 10.7 Å². The van der Waals surface area contributed by atoms with Gasteiger partial charge in [-0.15, -0.1) is 11.3 Å². The molecular weight excluding hydrogens is 629 g/mol. The van der Waals surface area contributed by atoms with Crippen molar-refractivity contribution >= 4 is 53.1 Å². The third-order valence-corrected chi connectivity index (χ3v) is 9.16. The Bertz CT molecular complexity index is 2640. The summed E-state index contributed by atoms with van der Waals surface area (Å²) in [5.41, 5.74) is -0.733. The summed E-state index contributed by atoms with van der Waals surface area (Å²) in [5.74, 6) is -5.61. The lowest BCUT2D eigenvalue weighted by molar-refractivity contribution is -0.140. The molecule has 0 fully saturated rings. The number of halogens is 7. The van der Waals surface area contributed by atoms with E-state index in [0.29, 0.717) is 70.3 Å². The fraction of sp³-hybridized carbons (Fsp3) is 0.0588. The van der Waals surface area contributed by atoms with Gasteiger partial charge in [0, 0.05) is 21.5 Å². The number of nitriles is 2. The van der Waals surface area contributed by atoms with Gasteiger partial charge in [-0.05, 0) is 81.9 Å². The van der Waals surface area contributed by atoms with Crippen molar-refractivity contribution in [3.63, 3.8) is 0 Å². The van der Waals surface area contributed by atoms with Crippen molar-refractivity contribution in [3.05, 3.63) is 106 Å².